The summed E-state index contributed by atoms with van der Waals surface area (Å²) < 4.78 is 15.0. The topological polar surface area (TPSA) is 64.6 Å². The van der Waals surface area contributed by atoms with Crippen LogP contribution in [0.4, 0.5) is 0 Å². The molecule has 2 aliphatic heterocycles. The number of ether oxygens (including phenoxy) is 3. The molecule has 7 nitrogen and oxygen atoms in total. The predicted molar refractivity (Wildman–Crippen MR) is 34.6 cm³/mol. The summed E-state index contributed by atoms with van der Waals surface area (Å²) in [5.74, 6) is 0. The predicted octanol–water partition coefficient (Wildman–Crippen LogP) is -0.473. The third-order valence-corrected chi connectivity index (χ3v) is 1.36. The van der Waals surface area contributed by atoms with Crippen molar-refractivity contribution < 1.29 is 33.8 Å². The molecule has 2 aliphatic rings. The molecule has 0 aromatic rings. The second kappa shape index (κ2) is 4.82. The van der Waals surface area contributed by atoms with Crippen LogP contribution in [0.25, 0.3) is 0 Å². The van der Waals surface area contributed by atoms with Gasteiger partial charge in [0.15, 0.2) is 0 Å². The lowest BCUT2D eigenvalue weighted by Gasteiger charge is -2.27. The summed E-state index contributed by atoms with van der Waals surface area (Å²) in [7, 11) is 0. The van der Waals surface area contributed by atoms with Crippen LogP contribution in [0.2, 0.25) is 0 Å². The molecule has 2 atom stereocenters. The largest absolute Gasteiger partial charge is 0.325 e. The average molecular weight is 194 g/mol. The maximum Gasteiger partial charge on any atom is 0.305 e. The van der Waals surface area contributed by atoms with Crippen LogP contribution in [0, 0.1) is 0 Å². The Morgan fingerprint density at radius 3 is 1.69 bits per heavy atom. The zero-order valence-corrected chi connectivity index (χ0v) is 6.84. The van der Waals surface area contributed by atoms with E-state index in [9.17, 15) is 0 Å². The van der Waals surface area contributed by atoms with Crippen molar-refractivity contribution in [3.8, 4) is 0 Å². The van der Waals surface area contributed by atoms with Crippen LogP contribution in [0.3, 0.4) is 0 Å². The van der Waals surface area contributed by atoms with Crippen molar-refractivity contribution in [3.05, 3.63) is 0 Å². The lowest BCUT2D eigenvalue weighted by molar-refractivity contribution is -0.552. The quantitative estimate of drug-likeness (QED) is 0.550. The third kappa shape index (κ3) is 2.85. The summed E-state index contributed by atoms with van der Waals surface area (Å²) in [6.07, 6.45) is 0. The van der Waals surface area contributed by atoms with Crippen molar-refractivity contribution >= 4 is 0 Å². The summed E-state index contributed by atoms with van der Waals surface area (Å²) in [6, 6.07) is 0. The molecule has 2 saturated heterocycles. The Morgan fingerprint density at radius 2 is 1.31 bits per heavy atom. The molecule has 0 amide bonds. The van der Waals surface area contributed by atoms with Crippen molar-refractivity contribution in [2.75, 3.05) is 26.4 Å². The van der Waals surface area contributed by atoms with Crippen molar-refractivity contribution in [3.63, 3.8) is 0 Å². The van der Waals surface area contributed by atoms with Gasteiger partial charge in [0.2, 0.25) is 0 Å². The van der Waals surface area contributed by atoms with Crippen LogP contribution in [0.1, 0.15) is 0 Å². The molecule has 0 N–H and O–H groups in total. The molecule has 0 aromatic heterocycles. The van der Waals surface area contributed by atoms with Crippen LogP contribution < -0.4 is 0 Å². The lowest BCUT2D eigenvalue weighted by Crippen LogP contribution is -2.37. The maximum absolute atomic E-state index is 5.00. The molecule has 0 aliphatic carbocycles. The average Bonchev–Trinajstić information content (AvgIpc) is 2.21. The molecular weight excluding hydrogens is 184 g/mol. The molecule has 0 radical (unpaired) electrons. The van der Waals surface area contributed by atoms with Crippen molar-refractivity contribution in [1.29, 1.82) is 0 Å². The molecule has 13 heavy (non-hydrogen) atoms. The van der Waals surface area contributed by atoms with E-state index in [4.69, 9.17) is 14.2 Å². The molecule has 2 heterocycles. The normalized spacial score (nSPS) is 36.0. The fourth-order valence-corrected chi connectivity index (χ4v) is 0.834. The molecule has 0 bridgehead atoms. The van der Waals surface area contributed by atoms with Crippen molar-refractivity contribution in [2.24, 2.45) is 0 Å². The SMILES string of the molecule is C1COC(OC2OCCOO2)OO1. The molecule has 7 heteroatoms. The fraction of sp³-hybridized carbons (Fsp3) is 1.00. The van der Waals surface area contributed by atoms with Gasteiger partial charge < -0.3 is 9.47 Å². The zero-order chi connectivity index (χ0) is 8.93. The minimum Gasteiger partial charge on any atom is -0.325 e. The molecular formula is C6H10O7. The Kier molecular flexibility index (Phi) is 3.44. The number of hydrogen-bond acceptors (Lipinski definition) is 7. The summed E-state index contributed by atoms with van der Waals surface area (Å²) in [5.41, 5.74) is 0. The van der Waals surface area contributed by atoms with E-state index in [2.05, 4.69) is 19.6 Å². The minimum absolute atomic E-state index is 0.378. The molecule has 2 unspecified atom stereocenters. The summed E-state index contributed by atoms with van der Waals surface area (Å²) in [6.45, 7) is -0.303. The van der Waals surface area contributed by atoms with Gasteiger partial charge in [-0.2, -0.15) is 9.78 Å². The standard InChI is InChI=1S/C6H10O7/c1-3-9-12-5(7-1)11-6-8-2-4-10-13-6/h5-6H,1-4H2. The number of rotatable bonds is 2. The maximum atomic E-state index is 5.00. The van der Waals surface area contributed by atoms with Gasteiger partial charge in [0.25, 0.3) is 0 Å². The second-order valence-electron chi connectivity index (χ2n) is 2.29. The molecule has 2 fully saturated rings. The van der Waals surface area contributed by atoms with Crippen molar-refractivity contribution in [2.45, 2.75) is 13.0 Å². The van der Waals surface area contributed by atoms with Crippen LogP contribution in [0.15, 0.2) is 0 Å². The van der Waals surface area contributed by atoms with Gasteiger partial charge in [0, 0.05) is 0 Å². The van der Waals surface area contributed by atoms with E-state index in [1.807, 2.05) is 0 Å². The lowest BCUT2D eigenvalue weighted by atomic mass is 10.8. The Morgan fingerprint density at radius 1 is 0.769 bits per heavy atom. The van der Waals surface area contributed by atoms with E-state index in [0.29, 0.717) is 26.4 Å². The molecule has 76 valence electrons. The molecule has 0 aromatic carbocycles. The van der Waals surface area contributed by atoms with Crippen LogP contribution in [0.5, 0.6) is 0 Å². The highest BCUT2D eigenvalue weighted by Gasteiger charge is 2.25. The van der Waals surface area contributed by atoms with E-state index in [1.165, 1.54) is 0 Å². The number of hydrogen-bond donors (Lipinski definition) is 0. The highest BCUT2D eigenvalue weighted by atomic mass is 17.3. The van der Waals surface area contributed by atoms with E-state index >= 15 is 0 Å². The molecule has 2 rings (SSSR count). The van der Waals surface area contributed by atoms with Gasteiger partial charge in [-0.25, -0.2) is 9.78 Å². The first-order chi connectivity index (χ1) is 6.45. The molecule has 0 spiro atoms. The summed E-state index contributed by atoms with van der Waals surface area (Å²) >= 11 is 0. The van der Waals surface area contributed by atoms with Gasteiger partial charge in [-0.15, -0.1) is 0 Å². The smallest absolute Gasteiger partial charge is 0.305 e. The second-order valence-corrected chi connectivity index (χ2v) is 2.29. The van der Waals surface area contributed by atoms with Gasteiger partial charge in [0.1, 0.15) is 13.2 Å². The van der Waals surface area contributed by atoms with Crippen LogP contribution in [-0.2, 0) is 33.8 Å². The first-order valence-corrected chi connectivity index (χ1v) is 3.90. The van der Waals surface area contributed by atoms with E-state index in [0.717, 1.165) is 0 Å². The zero-order valence-electron chi connectivity index (χ0n) is 6.84. The Balaban J connectivity index is 1.69. The van der Waals surface area contributed by atoms with Gasteiger partial charge in [0.05, 0.1) is 13.2 Å². The minimum atomic E-state index is -0.930. The first-order valence-electron chi connectivity index (χ1n) is 3.90. The van der Waals surface area contributed by atoms with Gasteiger partial charge in [-0.1, -0.05) is 0 Å². The third-order valence-electron chi connectivity index (χ3n) is 1.36. The van der Waals surface area contributed by atoms with Crippen molar-refractivity contribution in [1.82, 2.24) is 0 Å². The van der Waals surface area contributed by atoms with Gasteiger partial charge >= 0.3 is 13.0 Å². The van der Waals surface area contributed by atoms with E-state index < -0.39 is 13.0 Å². The van der Waals surface area contributed by atoms with E-state index in [-0.39, 0.29) is 0 Å². The highest BCUT2D eigenvalue weighted by molar-refractivity contribution is 4.34. The van der Waals surface area contributed by atoms with Gasteiger partial charge in [-0.3, -0.25) is 4.74 Å². The highest BCUT2D eigenvalue weighted by Crippen LogP contribution is 2.11. The Labute approximate surface area is 74.2 Å². The van der Waals surface area contributed by atoms with Crippen LogP contribution >= 0.6 is 0 Å². The summed E-state index contributed by atoms with van der Waals surface area (Å²) in [4.78, 5) is 18.5. The monoisotopic (exact) mass is 194 g/mol. The Bertz CT molecular complexity index is 124. The first kappa shape index (κ1) is 9.28. The summed E-state index contributed by atoms with van der Waals surface area (Å²) in [5, 5.41) is 0. The Hall–Kier alpha value is -0.280. The van der Waals surface area contributed by atoms with E-state index in [1.54, 1.807) is 0 Å². The fourth-order valence-electron chi connectivity index (χ4n) is 0.834. The van der Waals surface area contributed by atoms with Gasteiger partial charge in [-0.05, 0) is 0 Å². The van der Waals surface area contributed by atoms with Crippen LogP contribution in [-0.4, -0.2) is 39.4 Å². The molecule has 0 saturated carbocycles.